The summed E-state index contributed by atoms with van der Waals surface area (Å²) in [5, 5.41) is 12.1. The Morgan fingerprint density at radius 2 is 1.74 bits per heavy atom. The van der Waals surface area contributed by atoms with Crippen molar-refractivity contribution in [2.45, 2.75) is 76.3 Å². The van der Waals surface area contributed by atoms with E-state index in [9.17, 15) is 9.59 Å². The van der Waals surface area contributed by atoms with Crippen molar-refractivity contribution in [3.63, 3.8) is 0 Å². The van der Waals surface area contributed by atoms with E-state index in [1.165, 1.54) is 32.1 Å². The van der Waals surface area contributed by atoms with Crippen LogP contribution >= 0.6 is 0 Å². The van der Waals surface area contributed by atoms with E-state index in [0.29, 0.717) is 25.3 Å². The molecule has 0 aromatic heterocycles. The van der Waals surface area contributed by atoms with Gasteiger partial charge in [-0.15, -0.1) is 0 Å². The number of hydrogen-bond donors (Lipinski definition) is 2. The summed E-state index contributed by atoms with van der Waals surface area (Å²) in [5.74, 6) is 0.299. The number of Topliss-reactive ketones (excluding diaryl/α,β-unsaturated/α-hetero) is 1. The highest BCUT2D eigenvalue weighted by Crippen LogP contribution is 2.32. The van der Waals surface area contributed by atoms with Crippen molar-refractivity contribution >= 4 is 11.8 Å². The van der Waals surface area contributed by atoms with Gasteiger partial charge in [0, 0.05) is 18.9 Å². The van der Waals surface area contributed by atoms with Gasteiger partial charge in [0.2, 0.25) is 0 Å². The minimum Gasteiger partial charge on any atom is -0.481 e. The molecule has 0 bridgehead atoms. The van der Waals surface area contributed by atoms with Gasteiger partial charge in [-0.1, -0.05) is 12.8 Å². The molecule has 2 fully saturated rings. The first-order valence-corrected chi connectivity index (χ1v) is 7.67. The number of carbonyl (C=O) groups is 2. The summed E-state index contributed by atoms with van der Waals surface area (Å²) in [6.07, 6.45) is 9.34. The number of hydrogen-bond acceptors (Lipinski definition) is 3. The van der Waals surface area contributed by atoms with Crippen LogP contribution < -0.4 is 5.32 Å². The maximum Gasteiger partial charge on any atom is 0.303 e. The van der Waals surface area contributed by atoms with E-state index in [1.807, 2.05) is 0 Å². The first-order chi connectivity index (χ1) is 9.16. The average Bonchev–Trinajstić information content (AvgIpc) is 2.42. The highest BCUT2D eigenvalue weighted by Gasteiger charge is 2.33. The molecule has 108 valence electrons. The molecule has 0 spiro atoms. The van der Waals surface area contributed by atoms with Gasteiger partial charge in [0.05, 0.1) is 6.04 Å². The van der Waals surface area contributed by atoms with E-state index in [-0.39, 0.29) is 18.2 Å². The van der Waals surface area contributed by atoms with Gasteiger partial charge in [-0.25, -0.2) is 0 Å². The maximum atomic E-state index is 12.1. The topological polar surface area (TPSA) is 66.4 Å². The summed E-state index contributed by atoms with van der Waals surface area (Å²) in [4.78, 5) is 22.5. The number of aliphatic carboxylic acids is 1. The van der Waals surface area contributed by atoms with Gasteiger partial charge in [-0.2, -0.15) is 0 Å². The van der Waals surface area contributed by atoms with Gasteiger partial charge in [-0.05, 0) is 44.4 Å². The second kappa shape index (κ2) is 7.04. The van der Waals surface area contributed by atoms with Gasteiger partial charge in [0.25, 0.3) is 0 Å². The molecule has 0 amide bonds. The fourth-order valence-corrected chi connectivity index (χ4v) is 3.50. The number of carbonyl (C=O) groups excluding carboxylic acids is 1. The summed E-state index contributed by atoms with van der Waals surface area (Å²) in [5.41, 5.74) is 0. The van der Waals surface area contributed by atoms with E-state index < -0.39 is 5.97 Å². The number of carboxylic acid groups (broad SMARTS) is 1. The maximum absolute atomic E-state index is 12.1. The number of piperidine rings is 1. The molecule has 0 radical (unpaired) electrons. The lowest BCUT2D eigenvalue weighted by molar-refractivity contribution is -0.137. The van der Waals surface area contributed by atoms with Crippen molar-refractivity contribution in [3.8, 4) is 0 Å². The molecule has 3 unspecified atom stereocenters. The third-order valence-electron chi connectivity index (χ3n) is 4.60. The van der Waals surface area contributed by atoms with Crippen LogP contribution in [0, 0.1) is 5.92 Å². The zero-order chi connectivity index (χ0) is 13.7. The van der Waals surface area contributed by atoms with E-state index in [4.69, 9.17) is 5.11 Å². The lowest BCUT2D eigenvalue weighted by atomic mass is 9.77. The van der Waals surface area contributed by atoms with E-state index in [2.05, 4.69) is 5.32 Å². The van der Waals surface area contributed by atoms with Crippen molar-refractivity contribution < 1.29 is 14.7 Å². The van der Waals surface area contributed by atoms with Crippen LogP contribution in [0.15, 0.2) is 0 Å². The van der Waals surface area contributed by atoms with Crippen LogP contribution in [0.5, 0.6) is 0 Å². The number of ketones is 1. The number of carboxylic acids is 1. The molecule has 1 saturated carbocycles. The Bertz CT molecular complexity index is 329. The second-order valence-corrected chi connectivity index (χ2v) is 6.01. The Morgan fingerprint density at radius 3 is 2.53 bits per heavy atom. The van der Waals surface area contributed by atoms with Gasteiger partial charge in [0.15, 0.2) is 0 Å². The normalized spacial score (nSPS) is 30.6. The highest BCUT2D eigenvalue weighted by atomic mass is 16.4. The number of fused-ring (bicyclic) bond motifs is 1. The average molecular weight is 267 g/mol. The van der Waals surface area contributed by atoms with Gasteiger partial charge in [-0.3, -0.25) is 9.59 Å². The van der Waals surface area contributed by atoms with Crippen molar-refractivity contribution in [2.75, 3.05) is 0 Å². The summed E-state index contributed by atoms with van der Waals surface area (Å²) in [7, 11) is 0. The van der Waals surface area contributed by atoms with E-state index >= 15 is 0 Å². The molecule has 4 nitrogen and oxygen atoms in total. The largest absolute Gasteiger partial charge is 0.481 e. The molecule has 19 heavy (non-hydrogen) atoms. The summed E-state index contributed by atoms with van der Waals surface area (Å²) < 4.78 is 0. The van der Waals surface area contributed by atoms with Gasteiger partial charge in [0.1, 0.15) is 5.78 Å². The molecule has 3 atom stereocenters. The van der Waals surface area contributed by atoms with Crippen LogP contribution in [-0.2, 0) is 9.59 Å². The van der Waals surface area contributed by atoms with Gasteiger partial charge >= 0.3 is 5.97 Å². The Balaban J connectivity index is 1.69. The zero-order valence-electron chi connectivity index (χ0n) is 11.6. The lowest BCUT2D eigenvalue weighted by Crippen LogP contribution is -2.52. The van der Waals surface area contributed by atoms with E-state index in [1.54, 1.807) is 0 Å². The van der Waals surface area contributed by atoms with Crippen LogP contribution in [0.4, 0.5) is 0 Å². The third kappa shape index (κ3) is 4.30. The number of rotatable bonds is 6. The summed E-state index contributed by atoms with van der Waals surface area (Å²) in [6.45, 7) is 0. The first-order valence-electron chi connectivity index (χ1n) is 7.67. The van der Waals surface area contributed by atoms with Crippen molar-refractivity contribution in [3.05, 3.63) is 0 Å². The second-order valence-electron chi connectivity index (χ2n) is 6.01. The van der Waals surface area contributed by atoms with Crippen molar-refractivity contribution in [1.29, 1.82) is 0 Å². The molecule has 4 heteroatoms. The third-order valence-corrected chi connectivity index (χ3v) is 4.60. The molecule has 2 aliphatic rings. The molecule has 2 rings (SSSR count). The van der Waals surface area contributed by atoms with E-state index in [0.717, 1.165) is 12.3 Å². The first kappa shape index (κ1) is 14.5. The highest BCUT2D eigenvalue weighted by molar-refractivity contribution is 5.84. The Hall–Kier alpha value is -0.900. The molecule has 1 heterocycles. The van der Waals surface area contributed by atoms with Gasteiger partial charge < -0.3 is 10.4 Å². The molecular formula is C15H25NO3. The SMILES string of the molecule is O=C(O)CCCCC(=O)C1CCC2CCCCC2N1. The monoisotopic (exact) mass is 267 g/mol. The predicted octanol–water partition coefficient (Wildman–Crippen LogP) is 2.51. The molecule has 0 aromatic rings. The van der Waals surface area contributed by atoms with Crippen LogP contribution in [0.1, 0.15) is 64.2 Å². The molecule has 0 aromatic carbocycles. The molecular weight excluding hydrogens is 242 g/mol. The fourth-order valence-electron chi connectivity index (χ4n) is 3.50. The lowest BCUT2D eigenvalue weighted by Gasteiger charge is -2.40. The van der Waals surface area contributed by atoms with Crippen molar-refractivity contribution in [2.24, 2.45) is 5.92 Å². The predicted molar refractivity (Wildman–Crippen MR) is 73.0 cm³/mol. The Kier molecular flexibility index (Phi) is 5.37. The molecule has 1 saturated heterocycles. The Labute approximate surface area is 115 Å². The fraction of sp³-hybridized carbons (Fsp3) is 0.867. The number of nitrogens with one attached hydrogen (secondary N) is 1. The van der Waals surface area contributed by atoms with Crippen LogP contribution in [0.3, 0.4) is 0 Å². The number of unbranched alkanes of at least 4 members (excludes halogenated alkanes) is 1. The summed E-state index contributed by atoms with van der Waals surface area (Å²) >= 11 is 0. The quantitative estimate of drug-likeness (QED) is 0.726. The molecule has 1 aliphatic heterocycles. The van der Waals surface area contributed by atoms with Crippen molar-refractivity contribution in [1.82, 2.24) is 5.32 Å². The van der Waals surface area contributed by atoms with Crippen LogP contribution in [0.2, 0.25) is 0 Å². The minimum absolute atomic E-state index is 0.0316. The Morgan fingerprint density at radius 1 is 1.00 bits per heavy atom. The van der Waals surface area contributed by atoms with Crippen LogP contribution in [-0.4, -0.2) is 28.9 Å². The minimum atomic E-state index is -0.770. The summed E-state index contributed by atoms with van der Waals surface area (Å²) in [6, 6.07) is 0.583. The molecule has 2 N–H and O–H groups in total. The smallest absolute Gasteiger partial charge is 0.303 e. The standard InChI is InChI=1S/C15H25NO3/c17-14(7-3-4-8-15(18)19)13-10-9-11-5-1-2-6-12(11)16-13/h11-13,16H,1-10H2,(H,18,19). The zero-order valence-corrected chi connectivity index (χ0v) is 11.6. The molecule has 1 aliphatic carbocycles. The van der Waals surface area contributed by atoms with Crippen LogP contribution in [0.25, 0.3) is 0 Å².